The minimum atomic E-state index is -0.166. The number of benzene rings is 1. The van der Waals surface area contributed by atoms with E-state index in [0.29, 0.717) is 5.02 Å². The van der Waals surface area contributed by atoms with Crippen LogP contribution in [-0.4, -0.2) is 5.91 Å². The highest BCUT2D eigenvalue weighted by atomic mass is 35.5. The normalized spacial score (nSPS) is 11.9. The van der Waals surface area contributed by atoms with Crippen LogP contribution in [0.2, 0.25) is 5.02 Å². The van der Waals surface area contributed by atoms with Crippen molar-refractivity contribution in [3.63, 3.8) is 0 Å². The molecule has 0 aromatic heterocycles. The molecular weight excluding hydrogens is 222 g/mol. The van der Waals surface area contributed by atoms with Crippen LogP contribution in [0, 0.1) is 5.92 Å². The van der Waals surface area contributed by atoms with Gasteiger partial charge in [0.1, 0.15) is 0 Å². The van der Waals surface area contributed by atoms with E-state index >= 15 is 0 Å². The van der Waals surface area contributed by atoms with Gasteiger partial charge in [-0.3, -0.25) is 4.79 Å². The van der Waals surface area contributed by atoms with Crippen molar-refractivity contribution in [2.24, 2.45) is 5.92 Å². The molecule has 0 spiro atoms. The third-order valence-corrected chi connectivity index (χ3v) is 2.82. The molecule has 0 radical (unpaired) electrons. The van der Waals surface area contributed by atoms with Crippen molar-refractivity contribution in [1.29, 1.82) is 0 Å². The van der Waals surface area contributed by atoms with Gasteiger partial charge in [0.15, 0.2) is 0 Å². The van der Waals surface area contributed by atoms with Crippen molar-refractivity contribution in [2.45, 2.75) is 20.3 Å². The van der Waals surface area contributed by atoms with Gasteiger partial charge in [0.2, 0.25) is 5.91 Å². The van der Waals surface area contributed by atoms with Gasteiger partial charge in [0, 0.05) is 10.7 Å². The summed E-state index contributed by atoms with van der Waals surface area (Å²) in [6, 6.07) is 7.05. The number of carbonyl (C=O) groups is 1. The van der Waals surface area contributed by atoms with Gasteiger partial charge in [-0.2, -0.15) is 0 Å². The van der Waals surface area contributed by atoms with Crippen molar-refractivity contribution < 1.29 is 4.79 Å². The molecule has 1 aromatic carbocycles. The summed E-state index contributed by atoms with van der Waals surface area (Å²) in [6.07, 6.45) is 0.815. The minimum absolute atomic E-state index is 0.0332. The zero-order valence-corrected chi connectivity index (χ0v) is 10.3. The molecule has 1 aromatic rings. The van der Waals surface area contributed by atoms with E-state index in [1.807, 2.05) is 13.8 Å². The molecule has 0 saturated carbocycles. The number of amides is 1. The van der Waals surface area contributed by atoms with Crippen LogP contribution in [-0.2, 0) is 4.79 Å². The predicted molar refractivity (Wildman–Crippen MR) is 68.7 cm³/mol. The van der Waals surface area contributed by atoms with Crippen LogP contribution in [0.5, 0.6) is 0 Å². The van der Waals surface area contributed by atoms with Crippen molar-refractivity contribution in [1.82, 2.24) is 0 Å². The Balaban J connectivity index is 2.64. The molecule has 86 valence electrons. The lowest BCUT2D eigenvalue weighted by Gasteiger charge is -2.13. The molecule has 1 amide bonds. The summed E-state index contributed by atoms with van der Waals surface area (Å²) < 4.78 is 0. The number of halogens is 1. The van der Waals surface area contributed by atoms with E-state index in [0.717, 1.165) is 17.7 Å². The van der Waals surface area contributed by atoms with Gasteiger partial charge in [0.05, 0.1) is 5.92 Å². The van der Waals surface area contributed by atoms with E-state index in [2.05, 4.69) is 11.9 Å². The zero-order chi connectivity index (χ0) is 12.1. The number of hydrogen-bond acceptors (Lipinski definition) is 1. The maximum Gasteiger partial charge on any atom is 0.231 e. The van der Waals surface area contributed by atoms with Gasteiger partial charge in [-0.25, -0.2) is 0 Å². The third kappa shape index (κ3) is 3.38. The fourth-order valence-electron chi connectivity index (χ4n) is 1.28. The molecule has 0 fully saturated rings. The molecule has 0 bridgehead atoms. The topological polar surface area (TPSA) is 29.1 Å². The number of carbonyl (C=O) groups excluding carboxylic acids is 1. The Labute approximate surface area is 101 Å². The highest BCUT2D eigenvalue weighted by Crippen LogP contribution is 2.17. The molecule has 3 heteroatoms. The zero-order valence-electron chi connectivity index (χ0n) is 9.59. The second-order valence-corrected chi connectivity index (χ2v) is 4.17. The summed E-state index contributed by atoms with van der Waals surface area (Å²) >= 11 is 5.76. The number of nitrogens with one attached hydrogen (secondary N) is 1. The number of anilines is 1. The quantitative estimate of drug-likeness (QED) is 0.792. The first-order valence-electron chi connectivity index (χ1n) is 5.28. The van der Waals surface area contributed by atoms with Gasteiger partial charge in [-0.05, 0) is 37.6 Å². The first-order valence-corrected chi connectivity index (χ1v) is 5.66. The monoisotopic (exact) mass is 237 g/mol. The third-order valence-electron chi connectivity index (χ3n) is 2.57. The highest BCUT2D eigenvalue weighted by molar-refractivity contribution is 6.30. The first-order chi connectivity index (χ1) is 7.54. The molecule has 0 heterocycles. The Morgan fingerprint density at radius 2 is 2.00 bits per heavy atom. The second-order valence-electron chi connectivity index (χ2n) is 3.73. The molecule has 0 saturated heterocycles. The van der Waals surface area contributed by atoms with Gasteiger partial charge in [-0.15, -0.1) is 0 Å². The molecule has 0 aliphatic rings. The van der Waals surface area contributed by atoms with Crippen LogP contribution < -0.4 is 5.32 Å². The Morgan fingerprint density at radius 3 is 2.50 bits per heavy atom. The summed E-state index contributed by atoms with van der Waals surface area (Å²) in [7, 11) is 0. The van der Waals surface area contributed by atoms with Gasteiger partial charge < -0.3 is 5.32 Å². The largest absolute Gasteiger partial charge is 0.326 e. The first kappa shape index (κ1) is 12.8. The van der Waals surface area contributed by atoms with Gasteiger partial charge in [0.25, 0.3) is 0 Å². The van der Waals surface area contributed by atoms with Gasteiger partial charge >= 0.3 is 0 Å². The predicted octanol–water partition coefficient (Wildman–Crippen LogP) is 3.88. The summed E-state index contributed by atoms with van der Waals surface area (Å²) in [5.41, 5.74) is 1.69. The van der Waals surface area contributed by atoms with Crippen LogP contribution in [0.25, 0.3) is 0 Å². The lowest BCUT2D eigenvalue weighted by Crippen LogP contribution is -2.21. The molecule has 1 unspecified atom stereocenters. The molecule has 1 atom stereocenters. The maximum absolute atomic E-state index is 11.8. The maximum atomic E-state index is 11.8. The molecule has 1 rings (SSSR count). The lowest BCUT2D eigenvalue weighted by atomic mass is 10.00. The molecule has 1 N–H and O–H groups in total. The number of rotatable bonds is 4. The van der Waals surface area contributed by atoms with E-state index in [4.69, 9.17) is 11.6 Å². The van der Waals surface area contributed by atoms with Crippen molar-refractivity contribution in [3.05, 3.63) is 41.4 Å². The summed E-state index contributed by atoms with van der Waals surface area (Å²) in [4.78, 5) is 11.8. The average Bonchev–Trinajstić information content (AvgIpc) is 2.30. The molecule has 0 aliphatic heterocycles. The summed E-state index contributed by atoms with van der Waals surface area (Å²) in [6.45, 7) is 7.72. The number of hydrogen-bond donors (Lipinski definition) is 1. The van der Waals surface area contributed by atoms with Crippen LogP contribution in [0.3, 0.4) is 0 Å². The van der Waals surface area contributed by atoms with Crippen molar-refractivity contribution >= 4 is 23.2 Å². The van der Waals surface area contributed by atoms with E-state index < -0.39 is 0 Å². The Morgan fingerprint density at radius 1 is 1.44 bits per heavy atom. The van der Waals surface area contributed by atoms with Crippen LogP contribution >= 0.6 is 11.6 Å². The van der Waals surface area contributed by atoms with Crippen LogP contribution in [0.1, 0.15) is 20.3 Å². The smallest absolute Gasteiger partial charge is 0.231 e. The summed E-state index contributed by atoms with van der Waals surface area (Å²) in [5, 5.41) is 3.48. The highest BCUT2D eigenvalue weighted by Gasteiger charge is 2.14. The average molecular weight is 238 g/mol. The fraction of sp³-hybridized carbons (Fsp3) is 0.308. The molecule has 2 nitrogen and oxygen atoms in total. The Hall–Kier alpha value is -1.28. The van der Waals surface area contributed by atoms with Gasteiger partial charge in [-0.1, -0.05) is 30.7 Å². The summed E-state index contributed by atoms with van der Waals surface area (Å²) in [5.74, 6) is -0.199. The molecular formula is C13H16ClNO. The van der Waals surface area contributed by atoms with Crippen LogP contribution in [0.15, 0.2) is 36.4 Å². The Bertz CT molecular complexity index is 383. The van der Waals surface area contributed by atoms with Crippen LogP contribution in [0.4, 0.5) is 5.69 Å². The van der Waals surface area contributed by atoms with E-state index in [9.17, 15) is 4.79 Å². The SMILES string of the molecule is C=C(CC)C(C)C(=O)Nc1ccc(Cl)cc1. The fourth-order valence-corrected chi connectivity index (χ4v) is 1.40. The molecule has 0 aliphatic carbocycles. The van der Waals surface area contributed by atoms with Crippen molar-refractivity contribution in [3.8, 4) is 0 Å². The Kier molecular flexibility index (Phi) is 4.56. The molecule has 16 heavy (non-hydrogen) atoms. The van der Waals surface area contributed by atoms with E-state index in [1.165, 1.54) is 0 Å². The second kappa shape index (κ2) is 5.71. The van der Waals surface area contributed by atoms with Crippen molar-refractivity contribution in [2.75, 3.05) is 5.32 Å². The van der Waals surface area contributed by atoms with E-state index in [-0.39, 0.29) is 11.8 Å². The lowest BCUT2D eigenvalue weighted by molar-refractivity contribution is -0.118. The standard InChI is InChI=1S/C13H16ClNO/c1-4-9(2)10(3)13(16)15-12-7-5-11(14)6-8-12/h5-8,10H,2,4H2,1,3H3,(H,15,16). The van der Waals surface area contributed by atoms with E-state index in [1.54, 1.807) is 24.3 Å². The minimum Gasteiger partial charge on any atom is -0.326 e.